The molecular formula is C18H34N2O. The molecule has 0 unspecified atom stereocenters. The molecule has 0 aromatic heterocycles. The van der Waals surface area contributed by atoms with Crippen LogP contribution in [0.1, 0.15) is 77.6 Å². The predicted molar refractivity (Wildman–Crippen MR) is 87.9 cm³/mol. The normalized spacial score (nSPS) is 29.0. The Hall–Kier alpha value is -0.570. The van der Waals surface area contributed by atoms with Crippen molar-refractivity contribution in [3.05, 3.63) is 0 Å². The average molecular weight is 294 g/mol. The van der Waals surface area contributed by atoms with Gasteiger partial charge in [-0.3, -0.25) is 4.79 Å². The van der Waals surface area contributed by atoms with E-state index in [0.29, 0.717) is 18.9 Å². The van der Waals surface area contributed by atoms with Crippen LogP contribution in [0.15, 0.2) is 0 Å². The first kappa shape index (κ1) is 16.8. The van der Waals surface area contributed by atoms with Crippen LogP contribution in [0.4, 0.5) is 0 Å². The van der Waals surface area contributed by atoms with E-state index in [1.54, 1.807) is 0 Å². The van der Waals surface area contributed by atoms with Crippen molar-refractivity contribution in [2.45, 2.75) is 77.6 Å². The molecule has 0 aliphatic heterocycles. The summed E-state index contributed by atoms with van der Waals surface area (Å²) in [7, 11) is 0. The number of nitrogens with two attached hydrogens (primary N) is 1. The minimum Gasteiger partial charge on any atom is -0.356 e. The Balaban J connectivity index is 1.69. The Morgan fingerprint density at radius 2 is 1.71 bits per heavy atom. The molecule has 2 rings (SSSR count). The molecule has 1 amide bonds. The van der Waals surface area contributed by atoms with Gasteiger partial charge in [-0.1, -0.05) is 45.4 Å². The fourth-order valence-corrected chi connectivity index (χ4v) is 4.26. The molecule has 0 atom stereocenters. The summed E-state index contributed by atoms with van der Waals surface area (Å²) in [6, 6.07) is 0. The Morgan fingerprint density at radius 1 is 1.10 bits per heavy atom. The van der Waals surface area contributed by atoms with E-state index in [4.69, 9.17) is 5.73 Å². The van der Waals surface area contributed by atoms with Gasteiger partial charge in [-0.15, -0.1) is 0 Å². The lowest BCUT2D eigenvalue weighted by molar-refractivity contribution is -0.124. The first-order valence-electron chi connectivity index (χ1n) is 9.14. The Labute approximate surface area is 130 Å². The number of amides is 1. The topological polar surface area (TPSA) is 55.1 Å². The van der Waals surface area contributed by atoms with Crippen molar-refractivity contribution in [1.29, 1.82) is 0 Å². The fourth-order valence-electron chi connectivity index (χ4n) is 4.26. The molecule has 2 fully saturated rings. The van der Waals surface area contributed by atoms with E-state index in [1.807, 2.05) is 0 Å². The summed E-state index contributed by atoms with van der Waals surface area (Å²) in [5, 5.41) is 3.20. The van der Waals surface area contributed by atoms with Crippen LogP contribution in [0, 0.1) is 17.3 Å². The van der Waals surface area contributed by atoms with Gasteiger partial charge in [-0.2, -0.15) is 0 Å². The average Bonchev–Trinajstić information content (AvgIpc) is 2.54. The smallest absolute Gasteiger partial charge is 0.220 e. The van der Waals surface area contributed by atoms with Crippen LogP contribution in [-0.4, -0.2) is 19.0 Å². The Kier molecular flexibility index (Phi) is 6.53. The van der Waals surface area contributed by atoms with Crippen molar-refractivity contribution in [2.24, 2.45) is 23.0 Å². The van der Waals surface area contributed by atoms with Crippen molar-refractivity contribution in [3.63, 3.8) is 0 Å². The SMILES string of the molecule is CCC1CCC(CNC(=O)CC2(CN)CCCCC2)CC1. The molecule has 0 spiro atoms. The maximum Gasteiger partial charge on any atom is 0.220 e. The molecule has 2 aliphatic rings. The van der Waals surface area contributed by atoms with E-state index in [0.717, 1.165) is 25.3 Å². The molecule has 3 nitrogen and oxygen atoms in total. The van der Waals surface area contributed by atoms with Crippen LogP contribution in [0.3, 0.4) is 0 Å². The summed E-state index contributed by atoms with van der Waals surface area (Å²) in [6.45, 7) is 3.85. The lowest BCUT2D eigenvalue weighted by atomic mass is 9.71. The van der Waals surface area contributed by atoms with Crippen molar-refractivity contribution in [3.8, 4) is 0 Å². The first-order chi connectivity index (χ1) is 10.2. The third-order valence-corrected chi connectivity index (χ3v) is 6.01. The molecule has 0 heterocycles. The molecular weight excluding hydrogens is 260 g/mol. The highest BCUT2D eigenvalue weighted by Gasteiger charge is 2.33. The number of hydrogen-bond donors (Lipinski definition) is 2. The number of carbonyl (C=O) groups excluding carboxylic acids is 1. The first-order valence-corrected chi connectivity index (χ1v) is 9.14. The van der Waals surface area contributed by atoms with E-state index < -0.39 is 0 Å². The highest BCUT2D eigenvalue weighted by molar-refractivity contribution is 5.76. The molecule has 122 valence electrons. The number of carbonyl (C=O) groups is 1. The van der Waals surface area contributed by atoms with Gasteiger partial charge >= 0.3 is 0 Å². The standard InChI is InChI=1S/C18H34N2O/c1-2-15-6-8-16(9-7-15)13-20-17(21)12-18(14-19)10-4-3-5-11-18/h15-16H,2-14,19H2,1H3,(H,20,21). The van der Waals surface area contributed by atoms with Crippen molar-refractivity contribution < 1.29 is 4.79 Å². The highest BCUT2D eigenvalue weighted by atomic mass is 16.1. The molecule has 0 aromatic carbocycles. The lowest BCUT2D eigenvalue weighted by Crippen LogP contribution is -2.40. The maximum absolute atomic E-state index is 12.3. The minimum atomic E-state index is 0.0994. The maximum atomic E-state index is 12.3. The largest absolute Gasteiger partial charge is 0.356 e. The molecule has 3 heteroatoms. The summed E-state index contributed by atoms with van der Waals surface area (Å²) in [5.74, 6) is 1.87. The van der Waals surface area contributed by atoms with Crippen LogP contribution < -0.4 is 11.1 Å². The molecule has 0 bridgehead atoms. The van der Waals surface area contributed by atoms with E-state index >= 15 is 0 Å². The van der Waals surface area contributed by atoms with Crippen LogP contribution in [0.25, 0.3) is 0 Å². The summed E-state index contributed by atoms with van der Waals surface area (Å²) in [5.41, 5.74) is 6.08. The van der Waals surface area contributed by atoms with Crippen LogP contribution in [0.2, 0.25) is 0 Å². The second-order valence-corrected chi connectivity index (χ2v) is 7.54. The molecule has 0 aromatic rings. The van der Waals surface area contributed by atoms with Gasteiger partial charge in [0, 0.05) is 13.0 Å². The summed E-state index contributed by atoms with van der Waals surface area (Å²) >= 11 is 0. The lowest BCUT2D eigenvalue weighted by Gasteiger charge is -2.36. The fraction of sp³-hybridized carbons (Fsp3) is 0.944. The summed E-state index contributed by atoms with van der Waals surface area (Å²) < 4.78 is 0. The van der Waals surface area contributed by atoms with Gasteiger partial charge < -0.3 is 11.1 Å². The van der Waals surface area contributed by atoms with Crippen LogP contribution >= 0.6 is 0 Å². The predicted octanol–water partition coefficient (Wildman–Crippen LogP) is 3.62. The third-order valence-electron chi connectivity index (χ3n) is 6.01. The van der Waals surface area contributed by atoms with Gasteiger partial charge in [0.2, 0.25) is 5.91 Å². The summed E-state index contributed by atoms with van der Waals surface area (Å²) in [6.07, 6.45) is 13.3. The van der Waals surface area contributed by atoms with Crippen LogP contribution in [0.5, 0.6) is 0 Å². The zero-order valence-corrected chi connectivity index (χ0v) is 13.8. The van der Waals surface area contributed by atoms with E-state index in [9.17, 15) is 4.79 Å². The monoisotopic (exact) mass is 294 g/mol. The van der Waals surface area contributed by atoms with Gasteiger partial charge in [0.1, 0.15) is 0 Å². The Morgan fingerprint density at radius 3 is 2.29 bits per heavy atom. The third kappa shape index (κ3) is 4.98. The van der Waals surface area contributed by atoms with E-state index in [-0.39, 0.29) is 11.3 Å². The van der Waals surface area contributed by atoms with E-state index in [1.165, 1.54) is 51.4 Å². The zero-order valence-electron chi connectivity index (χ0n) is 13.8. The number of rotatable bonds is 6. The van der Waals surface area contributed by atoms with Crippen molar-refractivity contribution in [1.82, 2.24) is 5.32 Å². The second kappa shape index (κ2) is 8.17. The molecule has 3 N–H and O–H groups in total. The van der Waals surface area contributed by atoms with Gasteiger partial charge in [0.05, 0.1) is 0 Å². The van der Waals surface area contributed by atoms with Gasteiger partial charge in [0.15, 0.2) is 0 Å². The van der Waals surface area contributed by atoms with Crippen LogP contribution in [-0.2, 0) is 4.79 Å². The van der Waals surface area contributed by atoms with E-state index in [2.05, 4.69) is 12.2 Å². The number of hydrogen-bond acceptors (Lipinski definition) is 2. The highest BCUT2D eigenvalue weighted by Crippen LogP contribution is 2.38. The minimum absolute atomic E-state index is 0.0994. The van der Waals surface area contributed by atoms with Gasteiger partial charge in [0.25, 0.3) is 0 Å². The molecule has 2 aliphatic carbocycles. The van der Waals surface area contributed by atoms with Gasteiger partial charge in [-0.25, -0.2) is 0 Å². The Bertz CT molecular complexity index is 315. The molecule has 21 heavy (non-hydrogen) atoms. The molecule has 0 saturated heterocycles. The summed E-state index contributed by atoms with van der Waals surface area (Å²) in [4.78, 5) is 12.3. The van der Waals surface area contributed by atoms with Gasteiger partial charge in [-0.05, 0) is 49.5 Å². The number of nitrogens with one attached hydrogen (secondary N) is 1. The zero-order chi connectivity index (χ0) is 15.1. The van der Waals surface area contributed by atoms with Crippen molar-refractivity contribution >= 4 is 5.91 Å². The molecule has 0 radical (unpaired) electrons. The molecule has 2 saturated carbocycles. The second-order valence-electron chi connectivity index (χ2n) is 7.54. The quantitative estimate of drug-likeness (QED) is 0.786. The van der Waals surface area contributed by atoms with Crippen molar-refractivity contribution in [2.75, 3.05) is 13.1 Å².